The average Bonchev–Trinajstić information content (AvgIpc) is 3.02. The van der Waals surface area contributed by atoms with Crippen molar-refractivity contribution in [1.29, 1.82) is 0 Å². The van der Waals surface area contributed by atoms with Gasteiger partial charge in [-0.05, 0) is 5.92 Å². The molecule has 1 aromatic heterocycles. The first kappa shape index (κ1) is 15.8. The van der Waals surface area contributed by atoms with E-state index in [1.807, 2.05) is 13.8 Å². The summed E-state index contributed by atoms with van der Waals surface area (Å²) in [4.78, 5) is 29.1. The van der Waals surface area contributed by atoms with Crippen molar-refractivity contribution in [3.8, 4) is 0 Å². The molecule has 116 valence electrons. The quantitative estimate of drug-likeness (QED) is 0.840. The predicted molar refractivity (Wildman–Crippen MR) is 74.6 cm³/mol. The Morgan fingerprint density at radius 2 is 2.24 bits per heavy atom. The number of aryl methyl sites for hydroxylation is 1. The van der Waals surface area contributed by atoms with E-state index in [-0.39, 0.29) is 24.4 Å². The number of carbonyl (C=O) groups is 2. The summed E-state index contributed by atoms with van der Waals surface area (Å²) in [6.07, 6.45) is 1.10. The Bertz CT molecular complexity index is 545. The van der Waals surface area contributed by atoms with E-state index in [4.69, 9.17) is 16.3 Å². The van der Waals surface area contributed by atoms with Crippen LogP contribution in [0.15, 0.2) is 12.4 Å². The van der Waals surface area contributed by atoms with Gasteiger partial charge in [-0.3, -0.25) is 4.79 Å². The highest BCUT2D eigenvalue weighted by atomic mass is 35.5. The van der Waals surface area contributed by atoms with Gasteiger partial charge in [0.1, 0.15) is 23.9 Å². The van der Waals surface area contributed by atoms with Gasteiger partial charge in [0.25, 0.3) is 5.91 Å². The van der Waals surface area contributed by atoms with Gasteiger partial charge in [-0.25, -0.2) is 14.7 Å². The smallest absolute Gasteiger partial charge is 0.417 e. The molecule has 2 heterocycles. The fourth-order valence-corrected chi connectivity index (χ4v) is 2.46. The van der Waals surface area contributed by atoms with Gasteiger partial charge in [0.15, 0.2) is 0 Å². The molecule has 7 nitrogen and oxygen atoms in total. The summed E-state index contributed by atoms with van der Waals surface area (Å²) >= 11 is 6.06. The fourth-order valence-electron chi connectivity index (χ4n) is 2.24. The van der Waals surface area contributed by atoms with Crippen LogP contribution in [0.25, 0.3) is 0 Å². The molecule has 8 heteroatoms. The lowest BCUT2D eigenvalue weighted by atomic mass is 10.0. The first-order chi connectivity index (χ1) is 9.84. The minimum absolute atomic E-state index is 0.0366. The van der Waals surface area contributed by atoms with E-state index in [2.05, 4.69) is 4.98 Å². The first-order valence-corrected chi connectivity index (χ1v) is 7.07. The van der Waals surface area contributed by atoms with Crippen molar-refractivity contribution in [2.75, 3.05) is 6.61 Å². The Kier molecular flexibility index (Phi) is 4.53. The van der Waals surface area contributed by atoms with Gasteiger partial charge in [0.05, 0.1) is 6.04 Å². The highest BCUT2D eigenvalue weighted by Gasteiger charge is 2.44. The summed E-state index contributed by atoms with van der Waals surface area (Å²) in [5.74, 6) is -0.375. The number of amides is 2. The molecular formula is C13H18ClN3O4. The Hall–Kier alpha value is -1.60. The normalized spacial score (nSPS) is 21.5. The van der Waals surface area contributed by atoms with Gasteiger partial charge in [-0.2, -0.15) is 0 Å². The maximum absolute atomic E-state index is 12.4. The molecule has 1 aliphatic rings. The summed E-state index contributed by atoms with van der Waals surface area (Å²) < 4.78 is 6.47. The number of hydrogen-bond donors (Lipinski definition) is 1. The second-order valence-corrected chi connectivity index (χ2v) is 5.81. The molecule has 0 aliphatic carbocycles. The number of carbonyl (C=O) groups excluding carboxylic acids is 2. The molecule has 2 amide bonds. The van der Waals surface area contributed by atoms with Crippen LogP contribution in [0.1, 0.15) is 25.8 Å². The molecule has 1 saturated heterocycles. The van der Waals surface area contributed by atoms with Gasteiger partial charge in [-0.1, -0.05) is 13.8 Å². The third-order valence-corrected chi connectivity index (χ3v) is 3.97. The molecule has 0 aromatic carbocycles. The molecule has 0 bridgehead atoms. The number of hydrogen-bond acceptors (Lipinski definition) is 5. The number of aliphatic hydroxyl groups is 1. The largest absolute Gasteiger partial charge is 0.447 e. The number of imide groups is 1. The van der Waals surface area contributed by atoms with E-state index < -0.39 is 23.5 Å². The van der Waals surface area contributed by atoms with Crippen molar-refractivity contribution in [2.45, 2.75) is 31.4 Å². The number of halogens is 1. The van der Waals surface area contributed by atoms with Crippen molar-refractivity contribution < 1.29 is 19.4 Å². The molecule has 3 atom stereocenters. The number of aromatic nitrogens is 2. The lowest BCUT2D eigenvalue weighted by molar-refractivity contribution is -0.131. The monoisotopic (exact) mass is 315 g/mol. The number of alkyl halides is 1. The predicted octanol–water partition coefficient (Wildman–Crippen LogP) is 1.06. The fraction of sp³-hybridized carbons (Fsp3) is 0.615. The second-order valence-electron chi connectivity index (χ2n) is 5.34. The number of rotatable bonds is 4. The number of ether oxygens (including phenoxy) is 1. The third kappa shape index (κ3) is 2.89. The molecule has 2 rings (SSSR count). The van der Waals surface area contributed by atoms with Crippen molar-refractivity contribution in [2.24, 2.45) is 13.0 Å². The maximum Gasteiger partial charge on any atom is 0.417 e. The van der Waals surface area contributed by atoms with Crippen LogP contribution in [0.5, 0.6) is 0 Å². The highest BCUT2D eigenvalue weighted by molar-refractivity contribution is 6.32. The summed E-state index contributed by atoms with van der Waals surface area (Å²) in [7, 11) is 1.68. The van der Waals surface area contributed by atoms with E-state index in [1.165, 1.54) is 6.20 Å². The van der Waals surface area contributed by atoms with Crippen molar-refractivity contribution in [3.63, 3.8) is 0 Å². The zero-order valence-electron chi connectivity index (χ0n) is 12.1. The number of aliphatic hydroxyl groups excluding tert-OH is 1. The molecule has 1 fully saturated rings. The molecule has 1 aromatic rings. The summed E-state index contributed by atoms with van der Waals surface area (Å²) in [6.45, 7) is 3.90. The van der Waals surface area contributed by atoms with Crippen LogP contribution in [-0.4, -0.2) is 49.6 Å². The minimum Gasteiger partial charge on any atom is -0.447 e. The van der Waals surface area contributed by atoms with Crippen molar-refractivity contribution in [3.05, 3.63) is 18.2 Å². The standard InChI is InChI=1S/C13H18ClN3O4/c1-7(2)8-6-21-13(20)17(8)12(19)9(14)10(18)11-15-4-5-16(11)3/h4-5,7-10,18H,6H2,1-3H3/t8-,9-,10?/m0/s1. The SMILES string of the molecule is CC(C)[C@@H]1COC(=O)N1C(=O)[C@@H](Cl)C(O)c1nccn1C. The van der Waals surface area contributed by atoms with Crippen LogP contribution >= 0.6 is 11.6 Å². The lowest BCUT2D eigenvalue weighted by Crippen LogP contribution is -2.47. The number of imidazole rings is 1. The van der Waals surface area contributed by atoms with Gasteiger partial charge in [0, 0.05) is 19.4 Å². The number of cyclic esters (lactones) is 1. The maximum atomic E-state index is 12.4. The molecule has 1 aliphatic heterocycles. The Balaban J connectivity index is 2.18. The topological polar surface area (TPSA) is 84.7 Å². The zero-order chi connectivity index (χ0) is 15.7. The van der Waals surface area contributed by atoms with Crippen LogP contribution in [0.2, 0.25) is 0 Å². The van der Waals surface area contributed by atoms with Crippen LogP contribution in [0, 0.1) is 5.92 Å². The van der Waals surface area contributed by atoms with E-state index in [0.717, 1.165) is 4.90 Å². The Morgan fingerprint density at radius 1 is 1.57 bits per heavy atom. The van der Waals surface area contributed by atoms with Crippen molar-refractivity contribution >= 4 is 23.6 Å². The summed E-state index contributed by atoms with van der Waals surface area (Å²) in [5.41, 5.74) is 0. The lowest BCUT2D eigenvalue weighted by Gasteiger charge is -2.26. The number of nitrogens with zero attached hydrogens (tertiary/aromatic N) is 3. The molecular weight excluding hydrogens is 298 g/mol. The minimum atomic E-state index is -1.31. The van der Waals surface area contributed by atoms with Gasteiger partial charge in [-0.15, -0.1) is 11.6 Å². The van der Waals surface area contributed by atoms with E-state index in [1.54, 1.807) is 17.8 Å². The van der Waals surface area contributed by atoms with Crippen LogP contribution in [-0.2, 0) is 16.6 Å². The highest BCUT2D eigenvalue weighted by Crippen LogP contribution is 2.26. The second kappa shape index (κ2) is 6.03. The average molecular weight is 316 g/mol. The Labute approximate surface area is 127 Å². The van der Waals surface area contributed by atoms with Gasteiger partial charge >= 0.3 is 6.09 Å². The molecule has 1 unspecified atom stereocenters. The first-order valence-electron chi connectivity index (χ1n) is 6.63. The van der Waals surface area contributed by atoms with Gasteiger partial charge in [0.2, 0.25) is 0 Å². The summed E-state index contributed by atoms with van der Waals surface area (Å²) in [5, 5.41) is 8.88. The molecule has 0 spiro atoms. The molecule has 1 N–H and O–H groups in total. The molecule has 0 saturated carbocycles. The zero-order valence-corrected chi connectivity index (χ0v) is 12.8. The van der Waals surface area contributed by atoms with E-state index >= 15 is 0 Å². The van der Waals surface area contributed by atoms with E-state index in [9.17, 15) is 14.7 Å². The third-order valence-electron chi connectivity index (χ3n) is 3.55. The van der Waals surface area contributed by atoms with Crippen molar-refractivity contribution in [1.82, 2.24) is 14.5 Å². The Morgan fingerprint density at radius 3 is 2.76 bits per heavy atom. The molecule has 0 radical (unpaired) electrons. The van der Waals surface area contributed by atoms with Crippen LogP contribution in [0.3, 0.4) is 0 Å². The summed E-state index contributed by atoms with van der Waals surface area (Å²) in [6, 6.07) is -0.375. The molecule has 21 heavy (non-hydrogen) atoms. The van der Waals surface area contributed by atoms with Crippen LogP contribution < -0.4 is 0 Å². The van der Waals surface area contributed by atoms with E-state index in [0.29, 0.717) is 0 Å². The van der Waals surface area contributed by atoms with Gasteiger partial charge < -0.3 is 14.4 Å². The van der Waals surface area contributed by atoms with Crippen LogP contribution in [0.4, 0.5) is 4.79 Å².